The van der Waals surface area contributed by atoms with Gasteiger partial charge in [-0.3, -0.25) is 0 Å². The third-order valence-electron chi connectivity index (χ3n) is 3.05. The van der Waals surface area contributed by atoms with E-state index >= 15 is 0 Å². The number of pyridine rings is 1. The molecule has 1 aromatic rings. The zero-order valence-electron chi connectivity index (χ0n) is 10.1. The van der Waals surface area contributed by atoms with Crippen molar-refractivity contribution in [1.29, 1.82) is 0 Å². The Morgan fingerprint density at radius 1 is 1.38 bits per heavy atom. The maximum Gasteiger partial charge on any atom is 0.214 e. The molecule has 1 aliphatic rings. The zero-order valence-corrected chi connectivity index (χ0v) is 10.1. The highest BCUT2D eigenvalue weighted by molar-refractivity contribution is 5.50. The monoisotopic (exact) mass is 221 g/mol. The number of nitrogens with zero attached hydrogens (tertiary/aromatic N) is 2. The van der Waals surface area contributed by atoms with E-state index in [0.29, 0.717) is 18.0 Å². The molecule has 1 aliphatic heterocycles. The molecule has 2 heterocycles. The summed E-state index contributed by atoms with van der Waals surface area (Å²) < 4.78 is 5.16. The molecule has 2 atom stereocenters. The fourth-order valence-corrected chi connectivity index (χ4v) is 2.31. The SMILES string of the molecule is COc1cc(N2C(C)CNCC2C)ccn1. The van der Waals surface area contributed by atoms with Crippen LogP contribution < -0.4 is 15.0 Å². The Kier molecular flexibility index (Phi) is 3.29. The van der Waals surface area contributed by atoms with Gasteiger partial charge in [-0.1, -0.05) is 0 Å². The van der Waals surface area contributed by atoms with Crippen molar-refractivity contribution in [3.63, 3.8) is 0 Å². The summed E-state index contributed by atoms with van der Waals surface area (Å²) >= 11 is 0. The first-order valence-electron chi connectivity index (χ1n) is 5.71. The summed E-state index contributed by atoms with van der Waals surface area (Å²) in [5.74, 6) is 0.676. The first-order valence-corrected chi connectivity index (χ1v) is 5.71. The zero-order chi connectivity index (χ0) is 11.5. The summed E-state index contributed by atoms with van der Waals surface area (Å²) in [4.78, 5) is 6.56. The van der Waals surface area contributed by atoms with Crippen LogP contribution in [0.25, 0.3) is 0 Å². The predicted molar refractivity (Wildman–Crippen MR) is 65.1 cm³/mol. The fourth-order valence-electron chi connectivity index (χ4n) is 2.31. The van der Waals surface area contributed by atoms with Crippen LogP contribution >= 0.6 is 0 Å². The van der Waals surface area contributed by atoms with Crippen molar-refractivity contribution < 1.29 is 4.74 Å². The molecule has 0 aromatic carbocycles. The molecule has 1 saturated heterocycles. The topological polar surface area (TPSA) is 37.4 Å². The first kappa shape index (κ1) is 11.2. The predicted octanol–water partition coefficient (Wildman–Crippen LogP) is 1.28. The van der Waals surface area contributed by atoms with E-state index in [4.69, 9.17) is 4.74 Å². The van der Waals surface area contributed by atoms with Crippen molar-refractivity contribution in [2.75, 3.05) is 25.1 Å². The Bertz CT molecular complexity index is 346. The summed E-state index contributed by atoms with van der Waals surface area (Å²) in [6.45, 7) is 6.51. The minimum atomic E-state index is 0.496. The number of nitrogens with one attached hydrogen (secondary N) is 1. The molecule has 4 nitrogen and oxygen atoms in total. The van der Waals surface area contributed by atoms with E-state index in [1.165, 1.54) is 5.69 Å². The van der Waals surface area contributed by atoms with Gasteiger partial charge in [-0.05, 0) is 19.9 Å². The van der Waals surface area contributed by atoms with Gasteiger partial charge in [0.2, 0.25) is 5.88 Å². The molecule has 4 heteroatoms. The van der Waals surface area contributed by atoms with Gasteiger partial charge < -0.3 is 15.0 Å². The molecule has 1 N–H and O–H groups in total. The molecular weight excluding hydrogens is 202 g/mol. The van der Waals surface area contributed by atoms with Gasteiger partial charge in [0.15, 0.2) is 0 Å². The summed E-state index contributed by atoms with van der Waals surface area (Å²) in [5, 5.41) is 3.42. The van der Waals surface area contributed by atoms with Gasteiger partial charge in [0.05, 0.1) is 7.11 Å². The lowest BCUT2D eigenvalue weighted by Gasteiger charge is -2.41. The minimum Gasteiger partial charge on any atom is -0.481 e. The number of hydrogen-bond donors (Lipinski definition) is 1. The molecule has 16 heavy (non-hydrogen) atoms. The normalized spacial score (nSPS) is 25.6. The van der Waals surface area contributed by atoms with Crippen LogP contribution in [0.15, 0.2) is 18.3 Å². The van der Waals surface area contributed by atoms with Crippen molar-refractivity contribution in [3.8, 4) is 5.88 Å². The lowest BCUT2D eigenvalue weighted by Crippen LogP contribution is -2.55. The Morgan fingerprint density at radius 2 is 2.06 bits per heavy atom. The average molecular weight is 221 g/mol. The van der Waals surface area contributed by atoms with Crippen molar-refractivity contribution in [3.05, 3.63) is 18.3 Å². The second-order valence-corrected chi connectivity index (χ2v) is 4.32. The molecule has 88 valence electrons. The molecule has 0 spiro atoms. The second kappa shape index (κ2) is 4.70. The summed E-state index contributed by atoms with van der Waals surface area (Å²) in [7, 11) is 1.65. The van der Waals surface area contributed by atoms with Crippen molar-refractivity contribution in [2.24, 2.45) is 0 Å². The molecule has 0 bridgehead atoms. The maximum atomic E-state index is 5.16. The molecule has 0 radical (unpaired) electrons. The van der Waals surface area contributed by atoms with E-state index in [0.717, 1.165) is 13.1 Å². The van der Waals surface area contributed by atoms with Gasteiger partial charge in [0.25, 0.3) is 0 Å². The van der Waals surface area contributed by atoms with Gasteiger partial charge >= 0.3 is 0 Å². The Balaban J connectivity index is 2.26. The van der Waals surface area contributed by atoms with E-state index in [2.05, 4.69) is 29.0 Å². The Labute approximate surface area is 96.6 Å². The number of anilines is 1. The van der Waals surface area contributed by atoms with E-state index < -0.39 is 0 Å². The highest BCUT2D eigenvalue weighted by Gasteiger charge is 2.24. The fraction of sp³-hybridized carbons (Fsp3) is 0.583. The minimum absolute atomic E-state index is 0.496. The number of methoxy groups -OCH3 is 1. The highest BCUT2D eigenvalue weighted by Crippen LogP contribution is 2.24. The number of aromatic nitrogens is 1. The largest absolute Gasteiger partial charge is 0.481 e. The van der Waals surface area contributed by atoms with Crippen LogP contribution in [0, 0.1) is 0 Å². The standard InChI is InChI=1S/C12H19N3O/c1-9-7-13-8-10(2)15(9)11-4-5-14-12(6-11)16-3/h4-6,9-10,13H,7-8H2,1-3H3. The molecular formula is C12H19N3O. The Hall–Kier alpha value is -1.29. The maximum absolute atomic E-state index is 5.16. The summed E-state index contributed by atoms with van der Waals surface area (Å²) in [5.41, 5.74) is 1.19. The molecule has 2 rings (SSSR count). The van der Waals surface area contributed by atoms with E-state index in [9.17, 15) is 0 Å². The smallest absolute Gasteiger partial charge is 0.214 e. The summed E-state index contributed by atoms with van der Waals surface area (Å²) in [6.07, 6.45) is 1.80. The van der Waals surface area contributed by atoms with Crippen LogP contribution in [-0.2, 0) is 0 Å². The van der Waals surface area contributed by atoms with Crippen molar-refractivity contribution in [1.82, 2.24) is 10.3 Å². The van der Waals surface area contributed by atoms with E-state index in [1.54, 1.807) is 13.3 Å². The second-order valence-electron chi connectivity index (χ2n) is 4.32. The van der Waals surface area contributed by atoms with Gasteiger partial charge in [-0.2, -0.15) is 0 Å². The van der Waals surface area contributed by atoms with Gasteiger partial charge in [0, 0.05) is 43.1 Å². The van der Waals surface area contributed by atoms with Crippen molar-refractivity contribution >= 4 is 5.69 Å². The molecule has 0 amide bonds. The van der Waals surface area contributed by atoms with Crippen LogP contribution in [0.5, 0.6) is 5.88 Å². The average Bonchev–Trinajstić information content (AvgIpc) is 2.29. The van der Waals surface area contributed by atoms with Crippen LogP contribution in [0.3, 0.4) is 0 Å². The van der Waals surface area contributed by atoms with Gasteiger partial charge in [0.1, 0.15) is 0 Å². The van der Waals surface area contributed by atoms with E-state index in [-0.39, 0.29) is 0 Å². The number of rotatable bonds is 2. The van der Waals surface area contributed by atoms with Crippen LogP contribution in [-0.4, -0.2) is 37.3 Å². The van der Waals surface area contributed by atoms with Crippen LogP contribution in [0.4, 0.5) is 5.69 Å². The molecule has 1 fully saturated rings. The van der Waals surface area contributed by atoms with Crippen LogP contribution in [0.1, 0.15) is 13.8 Å². The third kappa shape index (κ3) is 2.11. The molecule has 0 aliphatic carbocycles. The molecule has 1 aromatic heterocycles. The lowest BCUT2D eigenvalue weighted by molar-refractivity contribution is 0.395. The van der Waals surface area contributed by atoms with Gasteiger partial charge in [-0.25, -0.2) is 4.98 Å². The number of ether oxygens (including phenoxy) is 1. The summed E-state index contributed by atoms with van der Waals surface area (Å²) in [6, 6.07) is 5.03. The quantitative estimate of drug-likeness (QED) is 0.816. The molecule has 0 saturated carbocycles. The van der Waals surface area contributed by atoms with Crippen LogP contribution in [0.2, 0.25) is 0 Å². The van der Waals surface area contributed by atoms with Crippen molar-refractivity contribution in [2.45, 2.75) is 25.9 Å². The number of piperazine rings is 1. The first-order chi connectivity index (χ1) is 7.72. The molecule has 2 unspecified atom stereocenters. The number of hydrogen-bond acceptors (Lipinski definition) is 4. The van der Waals surface area contributed by atoms with E-state index in [1.807, 2.05) is 12.1 Å². The van der Waals surface area contributed by atoms with Gasteiger partial charge in [-0.15, -0.1) is 0 Å². The third-order valence-corrected chi connectivity index (χ3v) is 3.05. The lowest BCUT2D eigenvalue weighted by atomic mass is 10.1. The Morgan fingerprint density at radius 3 is 2.69 bits per heavy atom. The highest BCUT2D eigenvalue weighted by atomic mass is 16.5.